The van der Waals surface area contributed by atoms with Gasteiger partial charge in [0.15, 0.2) is 0 Å². The minimum atomic E-state index is -0.0265. The van der Waals surface area contributed by atoms with Crippen molar-refractivity contribution >= 4 is 17.5 Å². The molecule has 0 unspecified atom stereocenters. The van der Waals surface area contributed by atoms with Gasteiger partial charge in [-0.25, -0.2) is 9.97 Å². The molecular weight excluding hydrogens is 230 g/mol. The monoisotopic (exact) mass is 251 g/mol. The fourth-order valence-corrected chi connectivity index (χ4v) is 1.56. The van der Waals surface area contributed by atoms with Crippen molar-refractivity contribution in [3.05, 3.63) is 11.4 Å². The standard InChI is InChI=1S/C12H21N5O/c1-5-10-16-11(13-4)8(2)12(17-10)15-7-6-14-9(3)18/h5-7H2,1-4H3,(H,14,18)(H2,13,15,16,17). The Labute approximate surface area is 108 Å². The number of aromatic nitrogens is 2. The smallest absolute Gasteiger partial charge is 0.216 e. The van der Waals surface area contributed by atoms with Crippen LogP contribution in [0.4, 0.5) is 11.6 Å². The number of rotatable bonds is 6. The van der Waals surface area contributed by atoms with E-state index >= 15 is 0 Å². The molecule has 18 heavy (non-hydrogen) atoms. The summed E-state index contributed by atoms with van der Waals surface area (Å²) < 4.78 is 0. The summed E-state index contributed by atoms with van der Waals surface area (Å²) in [6.07, 6.45) is 0.787. The molecule has 0 radical (unpaired) electrons. The van der Waals surface area contributed by atoms with Crippen molar-refractivity contribution in [3.63, 3.8) is 0 Å². The Morgan fingerprint density at radius 3 is 2.44 bits per heavy atom. The minimum Gasteiger partial charge on any atom is -0.373 e. The maximum Gasteiger partial charge on any atom is 0.216 e. The molecule has 0 aliphatic heterocycles. The Bertz CT molecular complexity index is 419. The van der Waals surface area contributed by atoms with E-state index < -0.39 is 0 Å². The lowest BCUT2D eigenvalue weighted by atomic mass is 10.3. The van der Waals surface area contributed by atoms with Crippen molar-refractivity contribution in [3.8, 4) is 0 Å². The minimum absolute atomic E-state index is 0.0265. The summed E-state index contributed by atoms with van der Waals surface area (Å²) in [5.41, 5.74) is 0.984. The van der Waals surface area contributed by atoms with E-state index in [9.17, 15) is 4.79 Å². The van der Waals surface area contributed by atoms with Crippen LogP contribution in [0.2, 0.25) is 0 Å². The van der Waals surface area contributed by atoms with E-state index in [1.807, 2.05) is 20.9 Å². The molecule has 0 bridgehead atoms. The third-order valence-corrected chi connectivity index (χ3v) is 2.54. The SMILES string of the molecule is CCc1nc(NC)c(C)c(NCCNC(C)=O)n1. The van der Waals surface area contributed by atoms with Crippen LogP contribution in [0.25, 0.3) is 0 Å². The number of carbonyl (C=O) groups excluding carboxylic acids is 1. The van der Waals surface area contributed by atoms with Crippen LogP contribution in [0.15, 0.2) is 0 Å². The molecule has 1 aromatic rings. The summed E-state index contributed by atoms with van der Waals surface area (Å²) in [5.74, 6) is 2.42. The highest BCUT2D eigenvalue weighted by Gasteiger charge is 2.08. The molecule has 1 rings (SSSR count). The summed E-state index contributed by atoms with van der Waals surface area (Å²) in [6, 6.07) is 0. The van der Waals surface area contributed by atoms with Crippen molar-refractivity contribution < 1.29 is 4.79 Å². The van der Waals surface area contributed by atoms with E-state index in [0.717, 1.165) is 29.4 Å². The van der Waals surface area contributed by atoms with Crippen molar-refractivity contribution in [2.75, 3.05) is 30.8 Å². The van der Waals surface area contributed by atoms with Gasteiger partial charge in [0.25, 0.3) is 0 Å². The van der Waals surface area contributed by atoms with Gasteiger partial charge in [-0.2, -0.15) is 0 Å². The first kappa shape index (κ1) is 14.2. The fourth-order valence-electron chi connectivity index (χ4n) is 1.56. The Morgan fingerprint density at radius 1 is 1.22 bits per heavy atom. The lowest BCUT2D eigenvalue weighted by Crippen LogP contribution is -2.26. The zero-order valence-electron chi connectivity index (χ0n) is 11.4. The molecule has 0 aliphatic rings. The number of carbonyl (C=O) groups is 1. The van der Waals surface area contributed by atoms with Gasteiger partial charge in [0.05, 0.1) is 0 Å². The van der Waals surface area contributed by atoms with Crippen LogP contribution in [-0.2, 0) is 11.2 Å². The number of anilines is 2. The molecular formula is C12H21N5O. The van der Waals surface area contributed by atoms with E-state index in [2.05, 4.69) is 25.9 Å². The Hall–Kier alpha value is -1.85. The van der Waals surface area contributed by atoms with Gasteiger partial charge in [-0.3, -0.25) is 4.79 Å². The van der Waals surface area contributed by atoms with Crippen LogP contribution in [0, 0.1) is 6.92 Å². The molecule has 1 aromatic heterocycles. The van der Waals surface area contributed by atoms with Crippen LogP contribution >= 0.6 is 0 Å². The average molecular weight is 251 g/mol. The second-order valence-electron chi connectivity index (χ2n) is 3.98. The van der Waals surface area contributed by atoms with Crippen molar-refractivity contribution in [1.82, 2.24) is 15.3 Å². The normalized spacial score (nSPS) is 10.0. The number of hydrogen-bond donors (Lipinski definition) is 3. The van der Waals surface area contributed by atoms with Crippen LogP contribution in [0.3, 0.4) is 0 Å². The number of nitrogens with zero attached hydrogens (tertiary/aromatic N) is 2. The second kappa shape index (κ2) is 6.78. The van der Waals surface area contributed by atoms with E-state index in [1.165, 1.54) is 6.92 Å². The summed E-state index contributed by atoms with van der Waals surface area (Å²) in [5, 5.41) is 9.00. The number of aryl methyl sites for hydroxylation is 1. The molecule has 0 saturated heterocycles. The highest BCUT2D eigenvalue weighted by atomic mass is 16.1. The summed E-state index contributed by atoms with van der Waals surface area (Å²) in [7, 11) is 1.84. The first-order valence-electron chi connectivity index (χ1n) is 6.12. The maximum absolute atomic E-state index is 10.7. The highest BCUT2D eigenvalue weighted by Crippen LogP contribution is 2.19. The fraction of sp³-hybridized carbons (Fsp3) is 0.583. The molecule has 100 valence electrons. The van der Waals surface area contributed by atoms with Crippen LogP contribution < -0.4 is 16.0 Å². The largest absolute Gasteiger partial charge is 0.373 e. The molecule has 0 saturated carbocycles. The first-order chi connectivity index (χ1) is 8.58. The van der Waals surface area contributed by atoms with Gasteiger partial charge in [-0.15, -0.1) is 0 Å². The third kappa shape index (κ3) is 3.87. The summed E-state index contributed by atoms with van der Waals surface area (Å²) in [6.45, 7) is 6.71. The predicted octanol–water partition coefficient (Wildman–Crippen LogP) is 0.937. The van der Waals surface area contributed by atoms with Gasteiger partial charge in [0, 0.05) is 39.0 Å². The molecule has 1 heterocycles. The average Bonchev–Trinajstić information content (AvgIpc) is 2.36. The van der Waals surface area contributed by atoms with Crippen molar-refractivity contribution in [2.45, 2.75) is 27.2 Å². The topological polar surface area (TPSA) is 78.9 Å². The Kier molecular flexibility index (Phi) is 5.35. The van der Waals surface area contributed by atoms with E-state index in [-0.39, 0.29) is 5.91 Å². The van der Waals surface area contributed by atoms with E-state index in [0.29, 0.717) is 13.1 Å². The number of nitrogens with one attached hydrogen (secondary N) is 3. The lowest BCUT2D eigenvalue weighted by molar-refractivity contribution is -0.118. The molecule has 0 aliphatic carbocycles. The number of hydrogen-bond acceptors (Lipinski definition) is 5. The van der Waals surface area contributed by atoms with Gasteiger partial charge in [0.1, 0.15) is 17.5 Å². The van der Waals surface area contributed by atoms with E-state index in [1.54, 1.807) is 0 Å². The zero-order chi connectivity index (χ0) is 13.5. The molecule has 0 fully saturated rings. The van der Waals surface area contributed by atoms with Gasteiger partial charge < -0.3 is 16.0 Å². The third-order valence-electron chi connectivity index (χ3n) is 2.54. The highest BCUT2D eigenvalue weighted by molar-refractivity contribution is 5.72. The van der Waals surface area contributed by atoms with Gasteiger partial charge in [-0.1, -0.05) is 6.92 Å². The quantitative estimate of drug-likeness (QED) is 0.656. The molecule has 6 heteroatoms. The summed E-state index contributed by atoms with van der Waals surface area (Å²) >= 11 is 0. The molecule has 6 nitrogen and oxygen atoms in total. The van der Waals surface area contributed by atoms with Gasteiger partial charge in [-0.05, 0) is 6.92 Å². The molecule has 3 N–H and O–H groups in total. The van der Waals surface area contributed by atoms with Gasteiger partial charge >= 0.3 is 0 Å². The molecule has 0 atom stereocenters. The predicted molar refractivity (Wildman–Crippen MR) is 72.9 cm³/mol. The molecule has 1 amide bonds. The van der Waals surface area contributed by atoms with Crippen LogP contribution in [0.5, 0.6) is 0 Å². The van der Waals surface area contributed by atoms with Crippen LogP contribution in [-0.4, -0.2) is 36.0 Å². The molecule has 0 spiro atoms. The van der Waals surface area contributed by atoms with E-state index in [4.69, 9.17) is 0 Å². The second-order valence-corrected chi connectivity index (χ2v) is 3.98. The first-order valence-corrected chi connectivity index (χ1v) is 6.12. The van der Waals surface area contributed by atoms with Crippen LogP contribution in [0.1, 0.15) is 25.2 Å². The van der Waals surface area contributed by atoms with Gasteiger partial charge in [0.2, 0.25) is 5.91 Å². The van der Waals surface area contributed by atoms with Crippen molar-refractivity contribution in [1.29, 1.82) is 0 Å². The molecule has 0 aromatic carbocycles. The Balaban J connectivity index is 2.71. The summed E-state index contributed by atoms with van der Waals surface area (Å²) in [4.78, 5) is 19.6. The maximum atomic E-state index is 10.7. The number of amides is 1. The Morgan fingerprint density at radius 2 is 1.89 bits per heavy atom. The lowest BCUT2D eigenvalue weighted by Gasteiger charge is -2.13. The zero-order valence-corrected chi connectivity index (χ0v) is 11.4. The van der Waals surface area contributed by atoms with Crippen molar-refractivity contribution in [2.24, 2.45) is 0 Å².